The maximum Gasteiger partial charge on any atom is 0.377 e. The minimum Gasteiger partial charge on any atom is -0.463 e. The molecule has 5 nitrogen and oxygen atoms in total. The van der Waals surface area contributed by atoms with Gasteiger partial charge in [0.05, 0.1) is 13.7 Å². The van der Waals surface area contributed by atoms with Gasteiger partial charge in [0, 0.05) is 0 Å². The highest BCUT2D eigenvalue weighted by molar-refractivity contribution is 5.84. The Hall–Kier alpha value is -1.65. The van der Waals surface area contributed by atoms with E-state index in [1.165, 1.54) is 13.4 Å². The highest BCUT2D eigenvalue weighted by Crippen LogP contribution is 1.92. The van der Waals surface area contributed by atoms with E-state index in [9.17, 15) is 4.79 Å². The third-order valence-electron chi connectivity index (χ3n) is 1.43. The number of hydrogen-bond acceptors (Lipinski definition) is 4. The van der Waals surface area contributed by atoms with E-state index in [-0.39, 0.29) is 5.82 Å². The van der Waals surface area contributed by atoms with Crippen molar-refractivity contribution in [1.29, 1.82) is 0 Å². The van der Waals surface area contributed by atoms with Crippen molar-refractivity contribution >= 4 is 5.97 Å². The second-order valence-corrected chi connectivity index (χ2v) is 2.35. The van der Waals surface area contributed by atoms with E-state index in [0.717, 1.165) is 0 Å². The first-order valence-corrected chi connectivity index (χ1v) is 3.87. The third kappa shape index (κ3) is 2.40. The van der Waals surface area contributed by atoms with Crippen LogP contribution in [0.15, 0.2) is 18.5 Å². The van der Waals surface area contributed by atoms with Gasteiger partial charge in [-0.1, -0.05) is 12.2 Å². The number of allylic oxidation sites excluding steroid dienone is 2. The molecule has 0 unspecified atom stereocenters. The van der Waals surface area contributed by atoms with Crippen molar-refractivity contribution in [2.45, 2.75) is 13.5 Å². The van der Waals surface area contributed by atoms with Crippen LogP contribution in [0.2, 0.25) is 0 Å². The first-order valence-electron chi connectivity index (χ1n) is 3.87. The largest absolute Gasteiger partial charge is 0.463 e. The standard InChI is InChI=1S/C8H11N3O2/c1-3-4-5-11-6-9-7(10-11)8(12)13-2/h3-4,6H,5H2,1-2H3/b4-3+. The molecule has 70 valence electrons. The molecule has 13 heavy (non-hydrogen) atoms. The average molecular weight is 181 g/mol. The zero-order chi connectivity index (χ0) is 9.68. The number of nitrogens with zero attached hydrogens (tertiary/aromatic N) is 3. The molecule has 0 N–H and O–H groups in total. The fourth-order valence-electron chi connectivity index (χ4n) is 0.781. The monoisotopic (exact) mass is 181 g/mol. The molecule has 0 spiro atoms. The molecule has 0 aliphatic heterocycles. The lowest BCUT2D eigenvalue weighted by Crippen LogP contribution is -2.05. The molecule has 0 bridgehead atoms. The van der Waals surface area contributed by atoms with Crippen LogP contribution in [-0.2, 0) is 11.3 Å². The minimum atomic E-state index is -0.515. The quantitative estimate of drug-likeness (QED) is 0.507. The van der Waals surface area contributed by atoms with Crippen LogP contribution in [0.3, 0.4) is 0 Å². The van der Waals surface area contributed by atoms with Crippen LogP contribution in [0.25, 0.3) is 0 Å². The van der Waals surface area contributed by atoms with Crippen molar-refractivity contribution in [3.05, 3.63) is 24.3 Å². The fourth-order valence-corrected chi connectivity index (χ4v) is 0.781. The summed E-state index contributed by atoms with van der Waals surface area (Å²) in [7, 11) is 1.30. The van der Waals surface area contributed by atoms with Crippen LogP contribution in [0.4, 0.5) is 0 Å². The van der Waals surface area contributed by atoms with E-state index in [1.54, 1.807) is 4.68 Å². The number of rotatable bonds is 3. The van der Waals surface area contributed by atoms with Crippen molar-refractivity contribution in [2.24, 2.45) is 0 Å². The lowest BCUT2D eigenvalue weighted by Gasteiger charge is -1.92. The fraction of sp³-hybridized carbons (Fsp3) is 0.375. The van der Waals surface area contributed by atoms with Crippen molar-refractivity contribution in [3.8, 4) is 0 Å². The van der Waals surface area contributed by atoms with Gasteiger partial charge in [0.1, 0.15) is 6.33 Å². The summed E-state index contributed by atoms with van der Waals surface area (Å²) in [5.41, 5.74) is 0. The van der Waals surface area contributed by atoms with E-state index in [2.05, 4.69) is 14.8 Å². The Morgan fingerprint density at radius 1 is 1.77 bits per heavy atom. The Morgan fingerprint density at radius 3 is 3.15 bits per heavy atom. The smallest absolute Gasteiger partial charge is 0.377 e. The molecule has 0 aliphatic carbocycles. The summed E-state index contributed by atoms with van der Waals surface area (Å²) in [5, 5.41) is 3.90. The molecule has 5 heteroatoms. The van der Waals surface area contributed by atoms with Gasteiger partial charge in [-0.2, -0.15) is 0 Å². The molecule has 1 heterocycles. The molecule has 0 aliphatic rings. The molecular formula is C8H11N3O2. The lowest BCUT2D eigenvalue weighted by atomic mass is 10.5. The van der Waals surface area contributed by atoms with E-state index in [0.29, 0.717) is 6.54 Å². The van der Waals surface area contributed by atoms with Crippen LogP contribution < -0.4 is 0 Å². The topological polar surface area (TPSA) is 57.0 Å². The van der Waals surface area contributed by atoms with Crippen LogP contribution in [-0.4, -0.2) is 27.8 Å². The lowest BCUT2D eigenvalue weighted by molar-refractivity contribution is 0.0586. The zero-order valence-corrected chi connectivity index (χ0v) is 7.60. The molecule has 1 rings (SSSR count). The van der Waals surface area contributed by atoms with Crippen molar-refractivity contribution < 1.29 is 9.53 Å². The van der Waals surface area contributed by atoms with Gasteiger partial charge in [-0.05, 0) is 6.92 Å². The Balaban J connectivity index is 2.68. The van der Waals surface area contributed by atoms with Gasteiger partial charge in [0.2, 0.25) is 0 Å². The maximum atomic E-state index is 10.9. The second-order valence-electron chi connectivity index (χ2n) is 2.35. The highest BCUT2D eigenvalue weighted by atomic mass is 16.5. The molecule has 0 atom stereocenters. The predicted octanol–water partition coefficient (Wildman–Crippen LogP) is 0.641. The Labute approximate surface area is 76.0 Å². The van der Waals surface area contributed by atoms with Gasteiger partial charge in [-0.15, -0.1) is 5.10 Å². The summed E-state index contributed by atoms with van der Waals surface area (Å²) in [4.78, 5) is 14.7. The molecule has 0 saturated carbocycles. The summed E-state index contributed by atoms with van der Waals surface area (Å²) in [6, 6.07) is 0. The van der Waals surface area contributed by atoms with E-state index >= 15 is 0 Å². The number of methoxy groups -OCH3 is 1. The van der Waals surface area contributed by atoms with Gasteiger partial charge in [-0.25, -0.2) is 14.5 Å². The van der Waals surface area contributed by atoms with Gasteiger partial charge in [0.25, 0.3) is 5.82 Å². The summed E-state index contributed by atoms with van der Waals surface area (Å²) in [6.07, 6.45) is 5.31. The first kappa shape index (κ1) is 9.44. The minimum absolute atomic E-state index is 0.0898. The number of carbonyl (C=O) groups excluding carboxylic acids is 1. The number of hydrogen-bond donors (Lipinski definition) is 0. The molecule has 0 amide bonds. The summed E-state index contributed by atoms with van der Waals surface area (Å²) >= 11 is 0. The van der Waals surface area contributed by atoms with Crippen LogP contribution in [0.5, 0.6) is 0 Å². The summed E-state index contributed by atoms with van der Waals surface area (Å²) in [5.74, 6) is -0.425. The normalized spacial score (nSPS) is 10.6. The first-order chi connectivity index (χ1) is 6.27. The third-order valence-corrected chi connectivity index (χ3v) is 1.43. The molecule has 0 aromatic carbocycles. The molecule has 1 aromatic heterocycles. The molecule has 0 saturated heterocycles. The van der Waals surface area contributed by atoms with Gasteiger partial charge in [-0.3, -0.25) is 0 Å². The van der Waals surface area contributed by atoms with Crippen LogP contribution in [0, 0.1) is 0 Å². The number of carbonyl (C=O) groups is 1. The summed E-state index contributed by atoms with van der Waals surface area (Å²) < 4.78 is 6.02. The van der Waals surface area contributed by atoms with E-state index in [1.807, 2.05) is 19.1 Å². The van der Waals surface area contributed by atoms with Crippen LogP contribution in [0.1, 0.15) is 17.5 Å². The summed E-state index contributed by atoms with van der Waals surface area (Å²) in [6.45, 7) is 2.53. The molecular weight excluding hydrogens is 170 g/mol. The van der Waals surface area contributed by atoms with Crippen molar-refractivity contribution in [1.82, 2.24) is 14.8 Å². The number of aromatic nitrogens is 3. The predicted molar refractivity (Wildman–Crippen MR) is 46.2 cm³/mol. The van der Waals surface area contributed by atoms with Crippen molar-refractivity contribution in [3.63, 3.8) is 0 Å². The Bertz CT molecular complexity index is 317. The SMILES string of the molecule is C/C=C/Cn1cnc(C(=O)OC)n1. The molecule has 1 aromatic rings. The maximum absolute atomic E-state index is 10.9. The second kappa shape index (κ2) is 4.39. The van der Waals surface area contributed by atoms with Gasteiger partial charge >= 0.3 is 5.97 Å². The van der Waals surface area contributed by atoms with E-state index in [4.69, 9.17) is 0 Å². The Morgan fingerprint density at radius 2 is 2.54 bits per heavy atom. The van der Waals surface area contributed by atoms with Gasteiger partial charge in [0.15, 0.2) is 0 Å². The number of ether oxygens (including phenoxy) is 1. The van der Waals surface area contributed by atoms with E-state index < -0.39 is 5.97 Å². The Kier molecular flexibility index (Phi) is 3.19. The zero-order valence-electron chi connectivity index (χ0n) is 7.60. The highest BCUT2D eigenvalue weighted by Gasteiger charge is 2.09. The van der Waals surface area contributed by atoms with Gasteiger partial charge < -0.3 is 4.74 Å². The number of esters is 1. The van der Waals surface area contributed by atoms with Crippen molar-refractivity contribution in [2.75, 3.05) is 7.11 Å². The van der Waals surface area contributed by atoms with Crippen LogP contribution >= 0.6 is 0 Å². The average Bonchev–Trinajstić information content (AvgIpc) is 2.62. The molecule has 0 radical (unpaired) electrons. The molecule has 0 fully saturated rings.